The maximum atomic E-state index is 12.9. The normalized spacial score (nSPS) is 12.9. The zero-order valence-corrected chi connectivity index (χ0v) is 15.7. The minimum absolute atomic E-state index is 0.211. The monoisotopic (exact) mass is 393 g/mol. The van der Waals surface area contributed by atoms with Crippen LogP contribution in [0.1, 0.15) is 31.1 Å². The highest BCUT2D eigenvalue weighted by molar-refractivity contribution is 6.34. The summed E-state index contributed by atoms with van der Waals surface area (Å²) in [5.74, 6) is -1.22. The first-order valence-corrected chi connectivity index (χ1v) is 9.35. The Labute approximate surface area is 171 Å². The number of pyridine rings is 1. The zero-order chi connectivity index (χ0) is 20.7. The van der Waals surface area contributed by atoms with Gasteiger partial charge in [0.2, 0.25) is 0 Å². The topological polar surface area (TPSA) is 79.4 Å². The fraction of sp³-hybridized carbons (Fsp3) is 0. The van der Waals surface area contributed by atoms with E-state index in [0.717, 1.165) is 15.7 Å². The van der Waals surface area contributed by atoms with Gasteiger partial charge in [0.05, 0.1) is 16.8 Å². The number of hydrogen-bond acceptors (Lipinski definition) is 4. The smallest absolute Gasteiger partial charge is 0.266 e. The van der Waals surface area contributed by atoms with E-state index < -0.39 is 11.8 Å². The number of imide groups is 1. The van der Waals surface area contributed by atoms with E-state index in [1.165, 1.54) is 24.5 Å². The van der Waals surface area contributed by atoms with E-state index in [2.05, 4.69) is 10.3 Å². The lowest BCUT2D eigenvalue weighted by Crippen LogP contribution is -2.29. The lowest BCUT2D eigenvalue weighted by Gasteiger charge is -2.12. The van der Waals surface area contributed by atoms with Crippen LogP contribution in [0.4, 0.5) is 11.4 Å². The molecule has 0 bridgehead atoms. The third-order valence-electron chi connectivity index (χ3n) is 5.11. The van der Waals surface area contributed by atoms with Crippen molar-refractivity contribution in [2.45, 2.75) is 0 Å². The minimum Gasteiger partial charge on any atom is -0.321 e. The molecule has 3 amide bonds. The fourth-order valence-electron chi connectivity index (χ4n) is 3.64. The number of anilines is 2. The van der Waals surface area contributed by atoms with E-state index in [-0.39, 0.29) is 17.0 Å². The molecular formula is C24H15N3O3. The largest absolute Gasteiger partial charge is 0.321 e. The van der Waals surface area contributed by atoms with E-state index in [1.54, 1.807) is 18.2 Å². The Morgan fingerprint density at radius 2 is 1.53 bits per heavy atom. The van der Waals surface area contributed by atoms with Gasteiger partial charge in [0.15, 0.2) is 0 Å². The summed E-state index contributed by atoms with van der Waals surface area (Å²) in [5, 5.41) is 4.84. The Hall–Kier alpha value is -4.32. The lowest BCUT2D eigenvalue weighted by atomic mass is 10.0. The van der Waals surface area contributed by atoms with Crippen LogP contribution < -0.4 is 10.2 Å². The van der Waals surface area contributed by atoms with Crippen LogP contribution in [0.3, 0.4) is 0 Å². The standard InChI is InChI=1S/C24H15N3O3/c28-22(26-21-7-3-5-15-4-1-2-6-18(15)21)16-8-9-19-20(14-16)24(30)27(23(19)29)17-10-12-25-13-11-17/h1-14H,(H,26,28). The van der Waals surface area contributed by atoms with Crippen LogP contribution in [-0.2, 0) is 0 Å². The lowest BCUT2D eigenvalue weighted by molar-refractivity contribution is 0.0925. The van der Waals surface area contributed by atoms with Gasteiger partial charge in [0.1, 0.15) is 0 Å². The van der Waals surface area contributed by atoms with Crippen LogP contribution in [0.2, 0.25) is 0 Å². The Balaban J connectivity index is 1.47. The molecule has 6 nitrogen and oxygen atoms in total. The number of amides is 3. The Morgan fingerprint density at radius 1 is 0.800 bits per heavy atom. The van der Waals surface area contributed by atoms with E-state index >= 15 is 0 Å². The van der Waals surface area contributed by atoms with Gasteiger partial charge in [-0.2, -0.15) is 0 Å². The number of hydrogen-bond donors (Lipinski definition) is 1. The molecule has 0 atom stereocenters. The molecule has 30 heavy (non-hydrogen) atoms. The van der Waals surface area contributed by atoms with E-state index in [9.17, 15) is 14.4 Å². The molecule has 2 heterocycles. The van der Waals surface area contributed by atoms with Crippen molar-refractivity contribution in [3.63, 3.8) is 0 Å². The summed E-state index contributed by atoms with van der Waals surface area (Å²) >= 11 is 0. The quantitative estimate of drug-likeness (QED) is 0.527. The summed E-state index contributed by atoms with van der Waals surface area (Å²) < 4.78 is 0. The number of aromatic nitrogens is 1. The van der Waals surface area contributed by atoms with Gasteiger partial charge >= 0.3 is 0 Å². The third kappa shape index (κ3) is 2.82. The van der Waals surface area contributed by atoms with Crippen molar-refractivity contribution in [3.8, 4) is 0 Å². The molecule has 0 unspecified atom stereocenters. The highest BCUT2D eigenvalue weighted by Gasteiger charge is 2.37. The molecular weight excluding hydrogens is 378 g/mol. The molecule has 0 radical (unpaired) electrons. The predicted octanol–water partition coefficient (Wildman–Crippen LogP) is 4.29. The fourth-order valence-corrected chi connectivity index (χ4v) is 3.64. The van der Waals surface area contributed by atoms with Crippen molar-refractivity contribution in [1.82, 2.24) is 4.98 Å². The number of carbonyl (C=O) groups is 3. The second-order valence-electron chi connectivity index (χ2n) is 6.89. The maximum Gasteiger partial charge on any atom is 0.266 e. The SMILES string of the molecule is O=C(Nc1cccc2ccccc12)c1ccc2c(c1)C(=O)N(c1ccncc1)C2=O. The molecule has 1 aromatic heterocycles. The molecule has 0 spiro atoms. The van der Waals surface area contributed by atoms with Gasteiger partial charge in [0.25, 0.3) is 17.7 Å². The van der Waals surface area contributed by atoms with Gasteiger partial charge in [-0.05, 0) is 41.8 Å². The van der Waals surface area contributed by atoms with E-state index in [4.69, 9.17) is 0 Å². The minimum atomic E-state index is -0.457. The van der Waals surface area contributed by atoms with Crippen molar-refractivity contribution in [2.75, 3.05) is 10.2 Å². The number of carbonyl (C=O) groups excluding carboxylic acids is 3. The highest BCUT2D eigenvalue weighted by atomic mass is 16.2. The average molecular weight is 393 g/mol. The van der Waals surface area contributed by atoms with Crippen molar-refractivity contribution in [2.24, 2.45) is 0 Å². The summed E-state index contributed by atoms with van der Waals surface area (Å²) in [6.07, 6.45) is 3.03. The number of fused-ring (bicyclic) bond motifs is 2. The first kappa shape index (κ1) is 17.8. The zero-order valence-electron chi connectivity index (χ0n) is 15.7. The summed E-state index contributed by atoms with van der Waals surface area (Å²) in [5.41, 5.74) is 1.91. The Bertz CT molecular complexity index is 1330. The number of rotatable bonds is 3. The van der Waals surface area contributed by atoms with Crippen LogP contribution in [0.5, 0.6) is 0 Å². The molecule has 0 aliphatic carbocycles. The highest BCUT2D eigenvalue weighted by Crippen LogP contribution is 2.29. The maximum absolute atomic E-state index is 12.9. The molecule has 144 valence electrons. The molecule has 3 aromatic carbocycles. The van der Waals surface area contributed by atoms with Crippen molar-refractivity contribution < 1.29 is 14.4 Å². The molecule has 5 rings (SSSR count). The molecule has 0 fully saturated rings. The summed E-state index contributed by atoms with van der Waals surface area (Å²) in [6, 6.07) is 21.1. The summed E-state index contributed by atoms with van der Waals surface area (Å²) in [7, 11) is 0. The summed E-state index contributed by atoms with van der Waals surface area (Å²) in [4.78, 5) is 43.5. The third-order valence-corrected chi connectivity index (χ3v) is 5.11. The van der Waals surface area contributed by atoms with Gasteiger partial charge < -0.3 is 5.32 Å². The van der Waals surface area contributed by atoms with Crippen molar-refractivity contribution in [1.29, 1.82) is 0 Å². The molecule has 0 saturated heterocycles. The van der Waals surface area contributed by atoms with Crippen LogP contribution in [-0.4, -0.2) is 22.7 Å². The van der Waals surface area contributed by atoms with E-state index in [1.807, 2.05) is 42.5 Å². The van der Waals surface area contributed by atoms with Gasteiger partial charge in [-0.15, -0.1) is 0 Å². The molecule has 1 aliphatic rings. The second-order valence-corrected chi connectivity index (χ2v) is 6.89. The van der Waals surface area contributed by atoms with Crippen LogP contribution in [0, 0.1) is 0 Å². The van der Waals surface area contributed by atoms with Gasteiger partial charge in [-0.1, -0.05) is 36.4 Å². The molecule has 0 saturated carbocycles. The second kappa shape index (κ2) is 6.93. The Morgan fingerprint density at radius 3 is 2.37 bits per heavy atom. The van der Waals surface area contributed by atoms with Crippen molar-refractivity contribution >= 4 is 39.9 Å². The molecule has 1 N–H and O–H groups in total. The number of benzene rings is 3. The van der Waals surface area contributed by atoms with Gasteiger partial charge in [0, 0.05) is 29.0 Å². The van der Waals surface area contributed by atoms with Crippen LogP contribution >= 0.6 is 0 Å². The first-order valence-electron chi connectivity index (χ1n) is 9.35. The van der Waals surface area contributed by atoms with E-state index in [0.29, 0.717) is 16.9 Å². The van der Waals surface area contributed by atoms with Crippen LogP contribution in [0.25, 0.3) is 10.8 Å². The van der Waals surface area contributed by atoms with Crippen molar-refractivity contribution in [3.05, 3.63) is 102 Å². The number of nitrogens with one attached hydrogen (secondary N) is 1. The average Bonchev–Trinajstić information content (AvgIpc) is 3.04. The summed E-state index contributed by atoms with van der Waals surface area (Å²) in [6.45, 7) is 0. The number of nitrogens with zero attached hydrogens (tertiary/aromatic N) is 2. The van der Waals surface area contributed by atoms with Crippen LogP contribution in [0.15, 0.2) is 85.2 Å². The predicted molar refractivity (Wildman–Crippen MR) is 114 cm³/mol. The molecule has 6 heteroatoms. The molecule has 1 aliphatic heterocycles. The van der Waals surface area contributed by atoms with Gasteiger partial charge in [-0.25, -0.2) is 4.90 Å². The first-order chi connectivity index (χ1) is 14.6. The Kier molecular flexibility index (Phi) is 4.10. The van der Waals surface area contributed by atoms with Gasteiger partial charge in [-0.3, -0.25) is 19.4 Å². The molecule has 4 aromatic rings.